The second-order valence-electron chi connectivity index (χ2n) is 6.60. The maximum Gasteiger partial charge on any atom is 0.316 e. The van der Waals surface area contributed by atoms with Crippen LogP contribution in [0.2, 0.25) is 0 Å². The molecule has 3 rings (SSSR count). The lowest BCUT2D eigenvalue weighted by Crippen LogP contribution is -2.46. The molecule has 2 aromatic rings. The van der Waals surface area contributed by atoms with Gasteiger partial charge in [0.05, 0.1) is 11.4 Å². The number of carbonyl (C=O) groups is 2. The van der Waals surface area contributed by atoms with Gasteiger partial charge in [-0.3, -0.25) is 14.4 Å². The van der Waals surface area contributed by atoms with Gasteiger partial charge in [-0.1, -0.05) is 41.9 Å². The van der Waals surface area contributed by atoms with E-state index in [4.69, 9.17) is 5.26 Å². The molecule has 1 atom stereocenters. The Labute approximate surface area is 177 Å². The molecule has 9 nitrogen and oxygen atoms in total. The summed E-state index contributed by atoms with van der Waals surface area (Å²) in [6, 6.07) is 10.2. The number of hydrogen-bond donors (Lipinski definition) is 2. The normalized spacial score (nSPS) is 16.0. The zero-order chi connectivity index (χ0) is 21.8. The van der Waals surface area contributed by atoms with Gasteiger partial charge in [0.15, 0.2) is 18.2 Å². The number of para-hydroxylation sites is 1. The van der Waals surface area contributed by atoms with Crippen molar-refractivity contribution in [3.05, 3.63) is 51.9 Å². The molecule has 2 N–H and O–H groups in total. The lowest BCUT2D eigenvalue weighted by Gasteiger charge is -2.12. The maximum atomic E-state index is 12.9. The number of aryl methyl sites for hydroxylation is 1. The van der Waals surface area contributed by atoms with Crippen LogP contribution in [0.5, 0.6) is 0 Å². The van der Waals surface area contributed by atoms with Crippen molar-refractivity contribution >= 4 is 35.0 Å². The lowest BCUT2D eigenvalue weighted by atomic mass is 10.2. The molecule has 0 spiro atoms. The SMILES string of the molecule is CCc1nc(SCC(=O)NC2C(=O)N(c3ccccc3)[N+](C)=C2C)[nH]c(=O)c1C#N. The van der Waals surface area contributed by atoms with Gasteiger partial charge in [0.2, 0.25) is 11.6 Å². The first-order chi connectivity index (χ1) is 14.4. The summed E-state index contributed by atoms with van der Waals surface area (Å²) < 4.78 is 1.71. The number of hydrazine groups is 1. The third kappa shape index (κ3) is 4.11. The van der Waals surface area contributed by atoms with Crippen LogP contribution in [0, 0.1) is 11.3 Å². The van der Waals surface area contributed by atoms with Crippen LogP contribution in [-0.2, 0) is 16.0 Å². The molecule has 0 bridgehead atoms. The molecule has 1 aromatic carbocycles. The second kappa shape index (κ2) is 8.92. The van der Waals surface area contributed by atoms with Crippen molar-refractivity contribution in [3.63, 3.8) is 0 Å². The molecule has 154 valence electrons. The van der Waals surface area contributed by atoms with E-state index >= 15 is 0 Å². The van der Waals surface area contributed by atoms with Gasteiger partial charge < -0.3 is 10.3 Å². The third-order valence-corrected chi connectivity index (χ3v) is 5.62. The number of rotatable bonds is 6. The minimum atomic E-state index is -0.775. The van der Waals surface area contributed by atoms with Gasteiger partial charge in [-0.05, 0) is 18.6 Å². The number of nitrogens with one attached hydrogen (secondary N) is 2. The molecule has 0 saturated heterocycles. The second-order valence-corrected chi connectivity index (χ2v) is 7.56. The van der Waals surface area contributed by atoms with Crippen molar-refractivity contribution in [2.75, 3.05) is 17.8 Å². The number of aromatic amines is 1. The molecule has 1 aliphatic rings. The Balaban J connectivity index is 1.69. The Morgan fingerprint density at radius 1 is 1.37 bits per heavy atom. The largest absolute Gasteiger partial charge is 0.335 e. The zero-order valence-electron chi connectivity index (χ0n) is 16.8. The van der Waals surface area contributed by atoms with Gasteiger partial charge in [0.1, 0.15) is 17.3 Å². The van der Waals surface area contributed by atoms with E-state index in [0.717, 1.165) is 11.8 Å². The van der Waals surface area contributed by atoms with E-state index in [0.29, 0.717) is 23.5 Å². The smallest absolute Gasteiger partial charge is 0.316 e. The summed E-state index contributed by atoms with van der Waals surface area (Å²) in [4.78, 5) is 44.1. The summed E-state index contributed by atoms with van der Waals surface area (Å²) in [5, 5.41) is 13.6. The number of thioether (sulfide) groups is 1. The van der Waals surface area contributed by atoms with Crippen molar-refractivity contribution < 1.29 is 14.3 Å². The monoisotopic (exact) mass is 425 g/mol. The highest BCUT2D eigenvalue weighted by molar-refractivity contribution is 7.99. The number of carbonyl (C=O) groups excluding carboxylic acids is 2. The quantitative estimate of drug-likeness (QED) is 0.402. The minimum absolute atomic E-state index is 0.0166. The number of benzene rings is 1. The Kier molecular flexibility index (Phi) is 6.32. The van der Waals surface area contributed by atoms with E-state index in [1.807, 2.05) is 36.4 Å². The van der Waals surface area contributed by atoms with Gasteiger partial charge in [-0.15, -0.1) is 4.68 Å². The van der Waals surface area contributed by atoms with Gasteiger partial charge >= 0.3 is 5.91 Å². The predicted octanol–water partition coefficient (Wildman–Crippen LogP) is 0.846. The minimum Gasteiger partial charge on any atom is -0.335 e. The fourth-order valence-electron chi connectivity index (χ4n) is 3.10. The number of amides is 2. The summed E-state index contributed by atoms with van der Waals surface area (Å²) in [5.41, 5.74) is 1.25. The van der Waals surface area contributed by atoms with Gasteiger partial charge in [0.25, 0.3) is 5.56 Å². The van der Waals surface area contributed by atoms with Crippen molar-refractivity contribution in [1.82, 2.24) is 15.3 Å². The predicted molar refractivity (Wildman–Crippen MR) is 112 cm³/mol. The summed E-state index contributed by atoms with van der Waals surface area (Å²) in [6.45, 7) is 3.58. The topological polar surface area (TPSA) is 122 Å². The number of anilines is 1. The van der Waals surface area contributed by atoms with Crippen LogP contribution in [0.3, 0.4) is 0 Å². The first kappa shape index (κ1) is 21.3. The number of hydrogen-bond acceptors (Lipinski definition) is 6. The van der Waals surface area contributed by atoms with E-state index in [9.17, 15) is 14.4 Å². The van der Waals surface area contributed by atoms with E-state index in [-0.39, 0.29) is 28.3 Å². The summed E-state index contributed by atoms with van der Waals surface area (Å²) >= 11 is 1.04. The van der Waals surface area contributed by atoms with Crippen molar-refractivity contribution in [2.45, 2.75) is 31.5 Å². The average Bonchev–Trinajstić information content (AvgIpc) is 2.95. The van der Waals surface area contributed by atoms with Gasteiger partial charge in [-0.2, -0.15) is 5.26 Å². The first-order valence-electron chi connectivity index (χ1n) is 9.28. The van der Waals surface area contributed by atoms with Gasteiger partial charge in [0, 0.05) is 6.92 Å². The van der Waals surface area contributed by atoms with E-state index in [1.165, 1.54) is 5.01 Å². The molecule has 1 aromatic heterocycles. The number of hydrazone groups is 1. The van der Waals surface area contributed by atoms with E-state index in [1.54, 1.807) is 25.6 Å². The van der Waals surface area contributed by atoms with Crippen LogP contribution in [-0.4, -0.2) is 51.0 Å². The molecule has 1 unspecified atom stereocenters. The Hall–Kier alpha value is -3.45. The van der Waals surface area contributed by atoms with E-state index in [2.05, 4.69) is 15.3 Å². The third-order valence-electron chi connectivity index (χ3n) is 4.75. The lowest BCUT2D eigenvalue weighted by molar-refractivity contribution is -0.495. The molecule has 10 heteroatoms. The van der Waals surface area contributed by atoms with Crippen LogP contribution in [0.4, 0.5) is 5.69 Å². The van der Waals surface area contributed by atoms with Crippen molar-refractivity contribution in [1.29, 1.82) is 5.26 Å². The molecule has 0 aliphatic carbocycles. The summed E-state index contributed by atoms with van der Waals surface area (Å²) in [7, 11) is 1.76. The Morgan fingerprint density at radius 3 is 2.70 bits per heavy atom. The Bertz CT molecular complexity index is 1120. The van der Waals surface area contributed by atoms with Crippen LogP contribution >= 0.6 is 11.8 Å². The molecule has 0 saturated carbocycles. The highest BCUT2D eigenvalue weighted by atomic mass is 32.2. The number of H-pyrrole nitrogens is 1. The molecule has 1 aliphatic heterocycles. The molecule has 0 fully saturated rings. The van der Waals surface area contributed by atoms with E-state index < -0.39 is 11.6 Å². The molecular formula is C20H21N6O3S+. The molecule has 30 heavy (non-hydrogen) atoms. The number of aromatic nitrogens is 2. The highest BCUT2D eigenvalue weighted by Gasteiger charge is 2.45. The van der Waals surface area contributed by atoms with Crippen LogP contribution in [0.25, 0.3) is 0 Å². The fourth-order valence-corrected chi connectivity index (χ4v) is 3.79. The fraction of sp³-hybridized carbons (Fsp3) is 0.300. The number of nitriles is 1. The van der Waals surface area contributed by atoms with Crippen molar-refractivity contribution in [3.8, 4) is 6.07 Å². The zero-order valence-corrected chi connectivity index (χ0v) is 17.6. The molecular weight excluding hydrogens is 404 g/mol. The molecule has 2 amide bonds. The number of nitrogens with zero attached hydrogens (tertiary/aromatic N) is 4. The maximum absolute atomic E-state index is 12.9. The standard InChI is InChI=1S/C20H20N6O3S/c1-4-15-14(10-21)18(28)24-20(22-15)30-11-16(27)23-17-12(2)25(3)26(19(17)29)13-8-6-5-7-9-13/h5-9,17H,4,11H2,1-3H3,(H-,22,23,24,27,28)/p+1. The average molecular weight is 425 g/mol. The Morgan fingerprint density at radius 2 is 2.07 bits per heavy atom. The molecule has 0 radical (unpaired) electrons. The summed E-state index contributed by atoms with van der Waals surface area (Å²) in [6.07, 6.45) is 0.430. The van der Waals surface area contributed by atoms with Crippen molar-refractivity contribution in [2.24, 2.45) is 0 Å². The van der Waals surface area contributed by atoms with Crippen LogP contribution in [0.1, 0.15) is 25.1 Å². The highest BCUT2D eigenvalue weighted by Crippen LogP contribution is 2.20. The van der Waals surface area contributed by atoms with Crippen LogP contribution < -0.4 is 15.9 Å². The first-order valence-corrected chi connectivity index (χ1v) is 10.3. The molecule has 2 heterocycles. The summed E-state index contributed by atoms with van der Waals surface area (Å²) in [5.74, 6) is -0.659. The van der Waals surface area contributed by atoms with Crippen LogP contribution in [0.15, 0.2) is 40.3 Å². The van der Waals surface area contributed by atoms with Gasteiger partial charge in [-0.25, -0.2) is 4.98 Å².